The van der Waals surface area contributed by atoms with Crippen LogP contribution in [0, 0.1) is 0 Å². The molecule has 0 aromatic heterocycles. The summed E-state index contributed by atoms with van der Waals surface area (Å²) < 4.78 is 24.9. The summed E-state index contributed by atoms with van der Waals surface area (Å²) in [6.07, 6.45) is -1.54. The molecule has 2 atom stereocenters. The Morgan fingerprint density at radius 2 is 1.55 bits per heavy atom. The van der Waals surface area contributed by atoms with Gasteiger partial charge in [-0.25, -0.2) is 13.4 Å². The molecule has 0 spiro atoms. The molecule has 38 heavy (non-hydrogen) atoms. The highest BCUT2D eigenvalue weighted by molar-refractivity contribution is 7.91. The van der Waals surface area contributed by atoms with Gasteiger partial charge in [-0.3, -0.25) is 14.4 Å². The van der Waals surface area contributed by atoms with E-state index in [1.165, 1.54) is 24.0 Å². The van der Waals surface area contributed by atoms with Crippen molar-refractivity contribution in [2.45, 2.75) is 30.4 Å². The Balaban J connectivity index is 1.47. The largest absolute Gasteiger partial charge is 0.345 e. The summed E-state index contributed by atoms with van der Waals surface area (Å²) in [6, 6.07) is 23.5. The molecule has 0 fully saturated rings. The van der Waals surface area contributed by atoms with Crippen LogP contribution in [0.15, 0.2) is 94.8 Å². The lowest BCUT2D eigenvalue weighted by atomic mass is 10.0. The Hall–Kier alpha value is -4.31. The Kier molecular flexibility index (Phi) is 8.02. The van der Waals surface area contributed by atoms with Crippen LogP contribution in [0.5, 0.6) is 0 Å². The van der Waals surface area contributed by atoms with Crippen LogP contribution in [0.1, 0.15) is 24.5 Å². The van der Waals surface area contributed by atoms with Gasteiger partial charge in [0.2, 0.25) is 18.0 Å². The fourth-order valence-corrected chi connectivity index (χ4v) is 5.32. The van der Waals surface area contributed by atoms with E-state index in [2.05, 4.69) is 15.6 Å². The summed E-state index contributed by atoms with van der Waals surface area (Å²) in [5.74, 6) is -2.06. The molecular formula is C28H28N4O5S. The lowest BCUT2D eigenvalue weighted by Crippen LogP contribution is -2.52. The normalized spacial score (nSPS) is 16.1. The first kappa shape index (κ1) is 26.7. The average molecular weight is 533 g/mol. The quantitative estimate of drug-likeness (QED) is 0.461. The van der Waals surface area contributed by atoms with E-state index in [1.807, 2.05) is 54.6 Å². The minimum atomic E-state index is -3.64. The zero-order valence-corrected chi connectivity index (χ0v) is 21.8. The number of nitrogens with one attached hydrogen (secondary N) is 2. The number of carbonyl (C=O) groups excluding carboxylic acids is 3. The first-order valence-corrected chi connectivity index (χ1v) is 13.7. The highest BCUT2D eigenvalue weighted by Crippen LogP contribution is 2.27. The van der Waals surface area contributed by atoms with Crippen LogP contribution in [0.2, 0.25) is 0 Å². The molecule has 1 heterocycles. The van der Waals surface area contributed by atoms with Gasteiger partial charge in [-0.05, 0) is 25.1 Å². The second kappa shape index (κ2) is 11.4. The summed E-state index contributed by atoms with van der Waals surface area (Å²) in [5.41, 5.74) is 2.72. The number of para-hydroxylation sites is 1. The summed E-state index contributed by atoms with van der Waals surface area (Å²) in [6.45, 7) is 1.46. The fraction of sp³-hybridized carbons (Fsp3) is 0.214. The van der Waals surface area contributed by atoms with Crippen molar-refractivity contribution in [3.8, 4) is 0 Å². The molecule has 1 aliphatic heterocycles. The van der Waals surface area contributed by atoms with Gasteiger partial charge >= 0.3 is 0 Å². The van der Waals surface area contributed by atoms with Crippen molar-refractivity contribution < 1.29 is 22.8 Å². The van der Waals surface area contributed by atoms with E-state index in [1.54, 1.807) is 25.2 Å². The van der Waals surface area contributed by atoms with E-state index >= 15 is 0 Å². The molecule has 0 aliphatic carbocycles. The van der Waals surface area contributed by atoms with Crippen molar-refractivity contribution in [2.24, 2.45) is 4.99 Å². The second-order valence-electron chi connectivity index (χ2n) is 8.84. The highest BCUT2D eigenvalue weighted by atomic mass is 32.2. The lowest BCUT2D eigenvalue weighted by molar-refractivity contribution is -0.130. The predicted molar refractivity (Wildman–Crippen MR) is 145 cm³/mol. The average Bonchev–Trinajstić information content (AvgIpc) is 3.03. The molecule has 10 heteroatoms. The number of nitrogens with zero attached hydrogens (tertiary/aromatic N) is 2. The van der Waals surface area contributed by atoms with E-state index in [9.17, 15) is 22.8 Å². The van der Waals surface area contributed by atoms with Gasteiger partial charge in [0.25, 0.3) is 5.91 Å². The standard InChI is InChI=1S/C28H28N4O5S/c1-19(29-24(33)17-18-38(36,37)21-13-7-4-8-14-21)27(34)31-26-28(35)32(2)23-16-10-9-15-22(23)25(30-26)20-11-5-3-6-12-20/h3-16,19,26H,17-18H2,1-2H3,(H,29,33)(H,31,34)/t19?,26-/m1/s1. The van der Waals surface area contributed by atoms with Gasteiger partial charge in [0.15, 0.2) is 9.84 Å². The number of amides is 3. The van der Waals surface area contributed by atoms with Crippen molar-refractivity contribution in [3.05, 3.63) is 96.1 Å². The molecular weight excluding hydrogens is 504 g/mol. The zero-order valence-electron chi connectivity index (χ0n) is 21.0. The van der Waals surface area contributed by atoms with E-state index in [4.69, 9.17) is 0 Å². The van der Waals surface area contributed by atoms with Gasteiger partial charge in [-0.2, -0.15) is 0 Å². The minimum absolute atomic E-state index is 0.127. The Morgan fingerprint density at radius 1 is 0.947 bits per heavy atom. The van der Waals surface area contributed by atoms with Crippen LogP contribution >= 0.6 is 0 Å². The number of likely N-dealkylation sites (N-methyl/N-ethyl adjacent to an activating group) is 1. The van der Waals surface area contributed by atoms with Gasteiger partial charge in [-0.1, -0.05) is 66.7 Å². The van der Waals surface area contributed by atoms with Crippen LogP contribution in [0.4, 0.5) is 5.69 Å². The summed E-state index contributed by atoms with van der Waals surface area (Å²) >= 11 is 0. The van der Waals surface area contributed by atoms with Crippen molar-refractivity contribution in [2.75, 3.05) is 17.7 Å². The lowest BCUT2D eigenvalue weighted by Gasteiger charge is -2.22. The monoisotopic (exact) mass is 532 g/mol. The van der Waals surface area contributed by atoms with Crippen LogP contribution in [-0.4, -0.2) is 56.9 Å². The summed E-state index contributed by atoms with van der Waals surface area (Å²) in [7, 11) is -2.03. The van der Waals surface area contributed by atoms with Gasteiger partial charge in [-0.15, -0.1) is 0 Å². The van der Waals surface area contributed by atoms with Crippen molar-refractivity contribution >= 4 is 39.0 Å². The molecule has 0 bridgehead atoms. The SMILES string of the molecule is CC(NC(=O)CCS(=O)(=O)c1ccccc1)C(=O)N[C@H]1N=C(c2ccccc2)c2ccccc2N(C)C1=O. The smallest absolute Gasteiger partial charge is 0.272 e. The number of carbonyl (C=O) groups is 3. The molecule has 0 saturated carbocycles. The molecule has 1 aliphatic rings. The maximum atomic E-state index is 13.3. The molecule has 196 valence electrons. The molecule has 3 aromatic carbocycles. The number of benzodiazepines with no additional fused rings is 1. The Bertz CT molecular complexity index is 1470. The summed E-state index contributed by atoms with van der Waals surface area (Å²) in [5, 5.41) is 5.13. The molecule has 0 saturated heterocycles. The topological polar surface area (TPSA) is 125 Å². The molecule has 4 rings (SSSR count). The van der Waals surface area contributed by atoms with Crippen molar-refractivity contribution in [1.82, 2.24) is 10.6 Å². The Morgan fingerprint density at radius 3 is 2.24 bits per heavy atom. The number of aliphatic imine (C=N–C) groups is 1. The van der Waals surface area contributed by atoms with Crippen LogP contribution in [-0.2, 0) is 24.2 Å². The second-order valence-corrected chi connectivity index (χ2v) is 10.9. The number of fused-ring (bicyclic) bond motifs is 1. The molecule has 2 N–H and O–H groups in total. The zero-order chi connectivity index (χ0) is 27.3. The van der Waals surface area contributed by atoms with E-state index in [0.717, 1.165) is 11.1 Å². The van der Waals surface area contributed by atoms with Crippen molar-refractivity contribution in [1.29, 1.82) is 0 Å². The Labute approximate surface area is 221 Å². The van der Waals surface area contributed by atoms with E-state index < -0.39 is 45.5 Å². The van der Waals surface area contributed by atoms with Gasteiger partial charge < -0.3 is 15.5 Å². The third-order valence-corrected chi connectivity index (χ3v) is 7.87. The van der Waals surface area contributed by atoms with Crippen molar-refractivity contribution in [3.63, 3.8) is 0 Å². The number of benzene rings is 3. The number of hydrogen-bond acceptors (Lipinski definition) is 6. The number of anilines is 1. The highest BCUT2D eigenvalue weighted by Gasteiger charge is 2.32. The van der Waals surface area contributed by atoms with E-state index in [-0.39, 0.29) is 11.3 Å². The van der Waals surface area contributed by atoms with Gasteiger partial charge in [0, 0.05) is 24.6 Å². The van der Waals surface area contributed by atoms with Gasteiger partial charge in [0.05, 0.1) is 22.0 Å². The molecule has 0 radical (unpaired) electrons. The maximum absolute atomic E-state index is 13.3. The van der Waals surface area contributed by atoms with Crippen LogP contribution < -0.4 is 15.5 Å². The number of hydrogen-bond donors (Lipinski definition) is 2. The first-order chi connectivity index (χ1) is 18.2. The van der Waals surface area contributed by atoms with E-state index in [0.29, 0.717) is 11.4 Å². The maximum Gasteiger partial charge on any atom is 0.272 e. The number of rotatable bonds is 8. The molecule has 3 aromatic rings. The fourth-order valence-electron chi connectivity index (χ4n) is 4.05. The minimum Gasteiger partial charge on any atom is -0.345 e. The third kappa shape index (κ3) is 5.97. The van der Waals surface area contributed by atoms with Crippen LogP contribution in [0.25, 0.3) is 0 Å². The molecule has 3 amide bonds. The van der Waals surface area contributed by atoms with Gasteiger partial charge in [0.1, 0.15) is 6.04 Å². The third-order valence-electron chi connectivity index (χ3n) is 6.14. The first-order valence-electron chi connectivity index (χ1n) is 12.0. The molecule has 9 nitrogen and oxygen atoms in total. The molecule has 1 unspecified atom stereocenters. The van der Waals surface area contributed by atoms with Crippen LogP contribution in [0.3, 0.4) is 0 Å². The summed E-state index contributed by atoms with van der Waals surface area (Å²) in [4.78, 5) is 44.8. The number of sulfone groups is 1. The predicted octanol–water partition coefficient (Wildman–Crippen LogP) is 2.31.